The number of rotatable bonds is 12. The SMILES string of the molecule is C=CC(=O)OCC1CCC(OC(=O)C(C)(CC)CC(C)(CC(C)(C)C(=O)O)C(=O)O)C(O)C1. The van der Waals surface area contributed by atoms with E-state index in [0.717, 1.165) is 6.08 Å². The highest BCUT2D eigenvalue weighted by Gasteiger charge is 2.49. The van der Waals surface area contributed by atoms with E-state index in [2.05, 4.69) is 6.58 Å². The standard InChI is InChI=1S/C24H38O9/c1-7-18(26)32-12-15-9-10-17(16(25)11-15)33-21(31)23(5,8-2)14-24(6,20(29)30)13-22(3,4)19(27)28/h7,15-17,25H,1,8-14H2,2-6H3,(H,27,28)(H,29,30). The Bertz CT molecular complexity index is 759. The van der Waals surface area contributed by atoms with Crippen LogP contribution in [-0.2, 0) is 28.7 Å². The van der Waals surface area contributed by atoms with Gasteiger partial charge in [0.2, 0.25) is 0 Å². The molecule has 33 heavy (non-hydrogen) atoms. The molecule has 1 aliphatic rings. The summed E-state index contributed by atoms with van der Waals surface area (Å²) in [6, 6.07) is 0. The van der Waals surface area contributed by atoms with E-state index in [1.807, 2.05) is 0 Å². The Balaban J connectivity index is 2.89. The molecule has 0 saturated heterocycles. The number of carboxylic acids is 2. The number of aliphatic carboxylic acids is 2. The Kier molecular flexibility index (Phi) is 9.66. The van der Waals surface area contributed by atoms with Gasteiger partial charge < -0.3 is 24.8 Å². The van der Waals surface area contributed by atoms with Crippen molar-refractivity contribution in [2.75, 3.05) is 6.61 Å². The van der Waals surface area contributed by atoms with E-state index in [-0.39, 0.29) is 31.8 Å². The Hall–Kier alpha value is -2.42. The summed E-state index contributed by atoms with van der Waals surface area (Å²) < 4.78 is 10.7. The van der Waals surface area contributed by atoms with Gasteiger partial charge in [0.05, 0.1) is 29.0 Å². The van der Waals surface area contributed by atoms with Crippen LogP contribution in [0.5, 0.6) is 0 Å². The molecule has 1 saturated carbocycles. The summed E-state index contributed by atoms with van der Waals surface area (Å²) in [4.78, 5) is 48.0. The lowest BCUT2D eigenvalue weighted by atomic mass is 9.65. The van der Waals surface area contributed by atoms with Crippen molar-refractivity contribution in [1.82, 2.24) is 0 Å². The number of carbonyl (C=O) groups excluding carboxylic acids is 2. The van der Waals surface area contributed by atoms with Crippen molar-refractivity contribution in [3.8, 4) is 0 Å². The van der Waals surface area contributed by atoms with Gasteiger partial charge in [0.15, 0.2) is 0 Å². The fourth-order valence-corrected chi connectivity index (χ4v) is 4.50. The monoisotopic (exact) mass is 470 g/mol. The normalized spacial score (nSPS) is 24.6. The van der Waals surface area contributed by atoms with Crippen LogP contribution >= 0.6 is 0 Å². The van der Waals surface area contributed by atoms with Crippen molar-refractivity contribution in [1.29, 1.82) is 0 Å². The van der Waals surface area contributed by atoms with Crippen LogP contribution in [0, 0.1) is 22.2 Å². The molecule has 5 unspecified atom stereocenters. The summed E-state index contributed by atoms with van der Waals surface area (Å²) in [5, 5.41) is 29.8. The van der Waals surface area contributed by atoms with E-state index in [9.17, 15) is 34.5 Å². The van der Waals surface area contributed by atoms with Crippen molar-refractivity contribution < 1.29 is 44.0 Å². The molecule has 188 valence electrons. The molecule has 0 aromatic carbocycles. The second-order valence-electron chi connectivity index (χ2n) is 10.3. The van der Waals surface area contributed by atoms with Crippen molar-refractivity contribution >= 4 is 23.9 Å². The molecule has 5 atom stereocenters. The predicted molar refractivity (Wildman–Crippen MR) is 119 cm³/mol. The van der Waals surface area contributed by atoms with Gasteiger partial charge in [-0.15, -0.1) is 0 Å². The maximum atomic E-state index is 13.1. The minimum absolute atomic E-state index is 0.0648. The van der Waals surface area contributed by atoms with Gasteiger partial charge in [-0.2, -0.15) is 0 Å². The zero-order valence-electron chi connectivity index (χ0n) is 20.3. The zero-order valence-corrected chi connectivity index (χ0v) is 20.3. The minimum atomic E-state index is -1.48. The van der Waals surface area contributed by atoms with Crippen molar-refractivity contribution in [3.05, 3.63) is 12.7 Å². The molecule has 0 heterocycles. The van der Waals surface area contributed by atoms with Crippen LogP contribution in [0.2, 0.25) is 0 Å². The van der Waals surface area contributed by atoms with Crippen LogP contribution in [0.1, 0.15) is 73.1 Å². The second kappa shape index (κ2) is 11.1. The molecular weight excluding hydrogens is 432 g/mol. The summed E-state index contributed by atoms with van der Waals surface area (Å²) in [6.45, 7) is 11.2. The first-order valence-electron chi connectivity index (χ1n) is 11.3. The zero-order chi connectivity index (χ0) is 25.6. The largest absolute Gasteiger partial charge is 0.481 e. The molecule has 0 aliphatic heterocycles. The Morgan fingerprint density at radius 3 is 2.06 bits per heavy atom. The van der Waals surface area contributed by atoms with E-state index in [4.69, 9.17) is 9.47 Å². The molecule has 0 amide bonds. The third kappa shape index (κ3) is 7.55. The lowest BCUT2D eigenvalue weighted by Crippen LogP contribution is -2.45. The van der Waals surface area contributed by atoms with Gasteiger partial charge in [-0.3, -0.25) is 14.4 Å². The molecule has 0 radical (unpaired) electrons. The van der Waals surface area contributed by atoms with Crippen molar-refractivity contribution in [2.45, 2.75) is 85.4 Å². The van der Waals surface area contributed by atoms with Crippen LogP contribution in [0.4, 0.5) is 0 Å². The predicted octanol–water partition coefficient (Wildman–Crippen LogP) is 3.19. The topological polar surface area (TPSA) is 147 Å². The lowest BCUT2D eigenvalue weighted by molar-refractivity contribution is -0.175. The summed E-state index contributed by atoms with van der Waals surface area (Å²) in [5.74, 6) is -3.52. The summed E-state index contributed by atoms with van der Waals surface area (Å²) in [5.41, 5.74) is -3.95. The molecule has 0 aromatic rings. The fourth-order valence-electron chi connectivity index (χ4n) is 4.50. The van der Waals surface area contributed by atoms with Gasteiger partial charge in [-0.25, -0.2) is 4.79 Å². The van der Waals surface area contributed by atoms with Gasteiger partial charge in [-0.05, 0) is 72.1 Å². The van der Waals surface area contributed by atoms with E-state index in [1.54, 1.807) is 13.8 Å². The molecule has 9 heteroatoms. The number of aliphatic hydroxyl groups is 1. The van der Waals surface area contributed by atoms with Crippen LogP contribution in [0.25, 0.3) is 0 Å². The van der Waals surface area contributed by atoms with Gasteiger partial charge >= 0.3 is 23.9 Å². The van der Waals surface area contributed by atoms with Gasteiger partial charge in [0, 0.05) is 6.08 Å². The van der Waals surface area contributed by atoms with E-state index in [1.165, 1.54) is 20.8 Å². The molecule has 3 N–H and O–H groups in total. The molecule has 9 nitrogen and oxygen atoms in total. The third-order valence-electron chi connectivity index (χ3n) is 6.73. The van der Waals surface area contributed by atoms with Gasteiger partial charge in [0.1, 0.15) is 6.10 Å². The average molecular weight is 471 g/mol. The first-order valence-corrected chi connectivity index (χ1v) is 11.3. The third-order valence-corrected chi connectivity index (χ3v) is 6.73. The Morgan fingerprint density at radius 1 is 1.00 bits per heavy atom. The van der Waals surface area contributed by atoms with Crippen LogP contribution in [0.3, 0.4) is 0 Å². The highest BCUT2D eigenvalue weighted by Crippen LogP contribution is 2.45. The van der Waals surface area contributed by atoms with Crippen LogP contribution < -0.4 is 0 Å². The number of hydrogen-bond acceptors (Lipinski definition) is 7. The summed E-state index contributed by atoms with van der Waals surface area (Å²) in [6.07, 6.45) is 0.658. The molecule has 1 aliphatic carbocycles. The average Bonchev–Trinajstić information content (AvgIpc) is 2.72. The highest BCUT2D eigenvalue weighted by atomic mass is 16.6. The molecule has 1 rings (SSSR count). The molecule has 0 spiro atoms. The van der Waals surface area contributed by atoms with Crippen LogP contribution in [-0.4, -0.2) is 58.0 Å². The quantitative estimate of drug-likeness (QED) is 0.289. The van der Waals surface area contributed by atoms with Crippen LogP contribution in [0.15, 0.2) is 12.7 Å². The molecule has 1 fully saturated rings. The molecule has 0 aromatic heterocycles. The number of hydrogen-bond donors (Lipinski definition) is 3. The molecular formula is C24H38O9. The Morgan fingerprint density at radius 2 is 1.61 bits per heavy atom. The molecule has 0 bridgehead atoms. The summed E-state index contributed by atoms with van der Waals surface area (Å²) >= 11 is 0. The first kappa shape index (κ1) is 28.6. The highest BCUT2D eigenvalue weighted by molar-refractivity contribution is 5.81. The second-order valence-corrected chi connectivity index (χ2v) is 10.3. The maximum Gasteiger partial charge on any atom is 0.330 e. The number of carbonyl (C=O) groups is 4. The van der Waals surface area contributed by atoms with Gasteiger partial charge in [-0.1, -0.05) is 13.5 Å². The summed E-state index contributed by atoms with van der Waals surface area (Å²) in [7, 11) is 0. The smallest absolute Gasteiger partial charge is 0.330 e. The van der Waals surface area contributed by atoms with Crippen molar-refractivity contribution in [3.63, 3.8) is 0 Å². The lowest BCUT2D eigenvalue weighted by Gasteiger charge is -2.39. The fraction of sp³-hybridized carbons (Fsp3) is 0.750. The minimum Gasteiger partial charge on any atom is -0.481 e. The first-order chi connectivity index (χ1) is 15.1. The number of esters is 2. The van der Waals surface area contributed by atoms with E-state index in [0.29, 0.717) is 19.3 Å². The number of aliphatic hydroxyl groups excluding tert-OH is 1. The maximum absolute atomic E-state index is 13.1. The number of carboxylic acid groups (broad SMARTS) is 2. The Labute approximate surface area is 195 Å². The number of ether oxygens (including phenoxy) is 2. The van der Waals surface area contributed by atoms with Gasteiger partial charge in [0.25, 0.3) is 0 Å². The van der Waals surface area contributed by atoms with E-state index >= 15 is 0 Å². The van der Waals surface area contributed by atoms with E-state index < -0.39 is 52.3 Å². The van der Waals surface area contributed by atoms with Crippen molar-refractivity contribution in [2.24, 2.45) is 22.2 Å².